The first-order chi connectivity index (χ1) is 15.0. The maximum absolute atomic E-state index is 13.0. The number of thioether (sulfide) groups is 1. The molecule has 0 spiro atoms. The molecular formula is C22H26N4O2S3. The lowest BCUT2D eigenvalue weighted by atomic mass is 10.2. The van der Waals surface area contributed by atoms with Crippen molar-refractivity contribution >= 4 is 33.1 Å². The lowest BCUT2D eigenvalue weighted by Crippen LogP contribution is -2.48. The van der Waals surface area contributed by atoms with Crippen LogP contribution in [0.1, 0.15) is 23.2 Å². The van der Waals surface area contributed by atoms with E-state index >= 15 is 0 Å². The SMILES string of the molecule is CCc1nc(CSc2ccc(S(=O)(=O)N3CCN(Cc4ccccc4)CC3)cn2)cs1. The predicted molar refractivity (Wildman–Crippen MR) is 126 cm³/mol. The van der Waals surface area contributed by atoms with Crippen LogP contribution in [-0.2, 0) is 28.7 Å². The Bertz CT molecular complexity index is 1080. The summed E-state index contributed by atoms with van der Waals surface area (Å²) in [7, 11) is -3.52. The molecule has 3 aromatic rings. The second kappa shape index (κ2) is 10.2. The minimum absolute atomic E-state index is 0.260. The number of hydrogen-bond donors (Lipinski definition) is 0. The third-order valence-corrected chi connectivity index (χ3v) is 9.10. The molecule has 0 saturated carbocycles. The first-order valence-electron chi connectivity index (χ1n) is 10.3. The lowest BCUT2D eigenvalue weighted by Gasteiger charge is -2.33. The van der Waals surface area contributed by atoms with E-state index in [2.05, 4.69) is 39.3 Å². The van der Waals surface area contributed by atoms with Crippen LogP contribution in [0.2, 0.25) is 0 Å². The van der Waals surface area contributed by atoms with Gasteiger partial charge >= 0.3 is 0 Å². The Balaban J connectivity index is 1.32. The topological polar surface area (TPSA) is 66.4 Å². The molecule has 3 heterocycles. The van der Waals surface area contributed by atoms with Gasteiger partial charge in [0.15, 0.2) is 0 Å². The van der Waals surface area contributed by atoms with Crippen molar-refractivity contribution in [2.45, 2.75) is 35.6 Å². The van der Waals surface area contributed by atoms with Crippen molar-refractivity contribution in [1.82, 2.24) is 19.2 Å². The maximum atomic E-state index is 13.0. The number of thiazole rings is 1. The first-order valence-corrected chi connectivity index (χ1v) is 13.6. The average Bonchev–Trinajstić information content (AvgIpc) is 3.27. The van der Waals surface area contributed by atoms with Crippen LogP contribution in [0.15, 0.2) is 64.0 Å². The van der Waals surface area contributed by atoms with E-state index in [1.165, 1.54) is 11.8 Å². The Hall–Kier alpha value is -1.78. The minimum Gasteiger partial charge on any atom is -0.296 e. The highest BCUT2D eigenvalue weighted by molar-refractivity contribution is 7.98. The van der Waals surface area contributed by atoms with Gasteiger partial charge in [-0.15, -0.1) is 23.1 Å². The molecule has 0 aliphatic carbocycles. The van der Waals surface area contributed by atoms with E-state index in [4.69, 9.17) is 0 Å². The molecular weight excluding hydrogens is 448 g/mol. The van der Waals surface area contributed by atoms with Crippen molar-refractivity contribution in [1.29, 1.82) is 0 Å². The highest BCUT2D eigenvalue weighted by Crippen LogP contribution is 2.24. The summed E-state index contributed by atoms with van der Waals surface area (Å²) in [5.74, 6) is 0.735. The molecule has 1 aliphatic rings. The molecule has 0 radical (unpaired) electrons. The molecule has 9 heteroatoms. The summed E-state index contributed by atoms with van der Waals surface area (Å²) in [5, 5.41) is 4.01. The number of nitrogens with zero attached hydrogens (tertiary/aromatic N) is 4. The van der Waals surface area contributed by atoms with Gasteiger partial charge in [0, 0.05) is 50.1 Å². The normalized spacial score (nSPS) is 15.9. The van der Waals surface area contributed by atoms with E-state index in [9.17, 15) is 8.42 Å². The number of aryl methyl sites for hydroxylation is 1. The third-order valence-electron chi connectivity index (χ3n) is 5.20. The number of aromatic nitrogens is 2. The summed E-state index contributed by atoms with van der Waals surface area (Å²) >= 11 is 3.24. The molecule has 164 valence electrons. The molecule has 0 unspecified atom stereocenters. The van der Waals surface area contributed by atoms with Crippen LogP contribution in [0.4, 0.5) is 0 Å². The Kier molecular flexibility index (Phi) is 7.39. The second-order valence-corrected chi connectivity index (χ2v) is 11.2. The summed E-state index contributed by atoms with van der Waals surface area (Å²) in [6.07, 6.45) is 2.42. The number of hydrogen-bond acceptors (Lipinski definition) is 7. The van der Waals surface area contributed by atoms with Crippen LogP contribution in [0.25, 0.3) is 0 Å². The zero-order valence-corrected chi connectivity index (χ0v) is 19.9. The van der Waals surface area contributed by atoms with Gasteiger partial charge in [-0.05, 0) is 24.1 Å². The van der Waals surface area contributed by atoms with Crippen LogP contribution in [0.5, 0.6) is 0 Å². The molecule has 0 amide bonds. The summed E-state index contributed by atoms with van der Waals surface area (Å²) in [5.41, 5.74) is 2.29. The van der Waals surface area contributed by atoms with Gasteiger partial charge in [0.25, 0.3) is 0 Å². The standard InChI is InChI=1S/C22H26N4O2S3/c1-2-21-24-19(16-29-21)17-30-22-9-8-20(14-23-22)31(27,28)26-12-10-25(11-13-26)15-18-6-4-3-5-7-18/h3-9,14,16H,2,10-13,15,17H2,1H3. The summed E-state index contributed by atoms with van der Waals surface area (Å²) in [6, 6.07) is 13.7. The molecule has 1 aromatic carbocycles. The fourth-order valence-corrected chi connectivity index (χ4v) is 6.40. The summed E-state index contributed by atoms with van der Waals surface area (Å²) < 4.78 is 27.6. The van der Waals surface area contributed by atoms with Gasteiger partial charge in [0.2, 0.25) is 10.0 Å². The Morgan fingerprint density at radius 2 is 1.84 bits per heavy atom. The van der Waals surface area contributed by atoms with E-state index in [1.54, 1.807) is 39.5 Å². The number of pyridine rings is 1. The molecule has 31 heavy (non-hydrogen) atoms. The van der Waals surface area contributed by atoms with Gasteiger partial charge in [-0.2, -0.15) is 4.31 Å². The smallest absolute Gasteiger partial charge is 0.244 e. The first kappa shape index (κ1) is 22.4. The molecule has 1 saturated heterocycles. The molecule has 0 bridgehead atoms. The third kappa shape index (κ3) is 5.72. The van der Waals surface area contributed by atoms with Gasteiger partial charge in [0.1, 0.15) is 4.90 Å². The van der Waals surface area contributed by atoms with Crippen molar-refractivity contribution in [2.24, 2.45) is 0 Å². The maximum Gasteiger partial charge on any atom is 0.244 e. The van der Waals surface area contributed by atoms with Crippen LogP contribution in [-0.4, -0.2) is 53.8 Å². The number of benzene rings is 1. The van der Waals surface area contributed by atoms with Crippen LogP contribution >= 0.6 is 23.1 Å². The molecule has 0 atom stereocenters. The van der Waals surface area contributed by atoms with Gasteiger partial charge in [-0.1, -0.05) is 37.3 Å². The average molecular weight is 475 g/mol. The van der Waals surface area contributed by atoms with Gasteiger partial charge < -0.3 is 0 Å². The largest absolute Gasteiger partial charge is 0.296 e. The second-order valence-electron chi connectivity index (χ2n) is 7.37. The van der Waals surface area contributed by atoms with Crippen molar-refractivity contribution in [3.8, 4) is 0 Å². The summed E-state index contributed by atoms with van der Waals surface area (Å²) in [4.78, 5) is 11.5. The monoisotopic (exact) mass is 474 g/mol. The Morgan fingerprint density at radius 3 is 2.48 bits per heavy atom. The molecule has 4 rings (SSSR count). The molecule has 1 fully saturated rings. The quantitative estimate of drug-likeness (QED) is 0.462. The Morgan fingerprint density at radius 1 is 1.06 bits per heavy atom. The molecule has 0 N–H and O–H groups in total. The lowest BCUT2D eigenvalue weighted by molar-refractivity contribution is 0.181. The highest BCUT2D eigenvalue weighted by atomic mass is 32.2. The number of piperazine rings is 1. The fraction of sp³-hybridized carbons (Fsp3) is 0.364. The van der Waals surface area contributed by atoms with Crippen molar-refractivity contribution in [3.05, 3.63) is 70.3 Å². The predicted octanol–water partition coefficient (Wildman–Crippen LogP) is 3.90. The number of sulfonamides is 1. The van der Waals surface area contributed by atoms with E-state index in [-0.39, 0.29) is 4.90 Å². The zero-order chi connectivity index (χ0) is 21.7. The van der Waals surface area contributed by atoms with E-state index in [0.29, 0.717) is 13.1 Å². The Labute approximate surface area is 192 Å². The molecule has 1 aliphatic heterocycles. The van der Waals surface area contributed by atoms with Crippen LogP contribution < -0.4 is 0 Å². The van der Waals surface area contributed by atoms with Crippen LogP contribution in [0, 0.1) is 0 Å². The van der Waals surface area contributed by atoms with Gasteiger partial charge in [-0.3, -0.25) is 4.90 Å². The molecule has 2 aromatic heterocycles. The van der Waals surface area contributed by atoms with Crippen LogP contribution in [0.3, 0.4) is 0 Å². The minimum atomic E-state index is -3.52. The van der Waals surface area contributed by atoms with E-state index < -0.39 is 10.0 Å². The number of rotatable bonds is 8. The van der Waals surface area contributed by atoms with Crippen molar-refractivity contribution in [2.75, 3.05) is 26.2 Å². The zero-order valence-electron chi connectivity index (χ0n) is 17.5. The van der Waals surface area contributed by atoms with Crippen molar-refractivity contribution in [3.63, 3.8) is 0 Å². The summed E-state index contributed by atoms with van der Waals surface area (Å²) in [6.45, 7) is 5.39. The van der Waals surface area contributed by atoms with Gasteiger partial charge in [-0.25, -0.2) is 18.4 Å². The highest BCUT2D eigenvalue weighted by Gasteiger charge is 2.28. The van der Waals surface area contributed by atoms with E-state index in [1.807, 2.05) is 18.2 Å². The molecule has 6 nitrogen and oxygen atoms in total. The van der Waals surface area contributed by atoms with E-state index in [0.717, 1.165) is 47.5 Å². The van der Waals surface area contributed by atoms with Gasteiger partial charge in [0.05, 0.1) is 15.7 Å². The fourth-order valence-electron chi connectivity index (χ4n) is 3.45. The van der Waals surface area contributed by atoms with Crippen molar-refractivity contribution < 1.29 is 8.42 Å².